The third-order valence-electron chi connectivity index (χ3n) is 1.21. The second kappa shape index (κ2) is 3.63. The lowest BCUT2D eigenvalue weighted by molar-refractivity contribution is 0.394. The summed E-state index contributed by atoms with van der Waals surface area (Å²) < 4.78 is 5.74. The first kappa shape index (κ1) is 9.13. The van der Waals surface area contributed by atoms with E-state index in [-0.39, 0.29) is 0 Å². The molecular formula is C9H15NOSi. The van der Waals surface area contributed by atoms with Gasteiger partial charge >= 0.3 is 0 Å². The van der Waals surface area contributed by atoms with Crippen molar-refractivity contribution in [3.63, 3.8) is 0 Å². The Hall–Kier alpha value is -0.963. The Morgan fingerprint density at radius 1 is 1.17 bits per heavy atom. The summed E-state index contributed by atoms with van der Waals surface area (Å²) in [6, 6.07) is 0. The van der Waals surface area contributed by atoms with Gasteiger partial charge in [-0.05, 0) is 31.8 Å². The molecule has 0 saturated carbocycles. The minimum Gasteiger partial charge on any atom is -0.533 e. The van der Waals surface area contributed by atoms with Crippen LogP contribution < -0.4 is 5.32 Å². The van der Waals surface area contributed by atoms with Crippen molar-refractivity contribution < 1.29 is 4.43 Å². The van der Waals surface area contributed by atoms with Gasteiger partial charge in [0.15, 0.2) is 5.88 Å². The van der Waals surface area contributed by atoms with E-state index in [4.69, 9.17) is 4.43 Å². The molecule has 0 aliphatic carbocycles. The first-order valence-corrected chi connectivity index (χ1v) is 7.48. The quantitative estimate of drug-likeness (QED) is 0.660. The molecule has 1 heterocycles. The summed E-state index contributed by atoms with van der Waals surface area (Å²) in [5, 5.41) is 3.07. The van der Waals surface area contributed by atoms with Gasteiger partial charge in [0.05, 0.1) is 0 Å². The number of nitrogens with one attached hydrogen (secondary N) is 1. The first-order chi connectivity index (χ1) is 5.58. The molecule has 1 aliphatic rings. The Morgan fingerprint density at radius 3 is 2.58 bits per heavy atom. The molecular weight excluding hydrogens is 166 g/mol. The smallest absolute Gasteiger partial charge is 0.244 e. The summed E-state index contributed by atoms with van der Waals surface area (Å²) >= 11 is 0. The van der Waals surface area contributed by atoms with Crippen LogP contribution in [0.5, 0.6) is 0 Å². The van der Waals surface area contributed by atoms with Gasteiger partial charge < -0.3 is 9.74 Å². The summed E-state index contributed by atoms with van der Waals surface area (Å²) in [4.78, 5) is 0. The highest BCUT2D eigenvalue weighted by molar-refractivity contribution is 6.70. The minimum absolute atomic E-state index is 0.846. The Labute approximate surface area is 74.8 Å². The van der Waals surface area contributed by atoms with Crippen LogP contribution in [0.4, 0.5) is 0 Å². The lowest BCUT2D eigenvalue weighted by Crippen LogP contribution is -2.28. The van der Waals surface area contributed by atoms with Crippen molar-refractivity contribution in [3.8, 4) is 0 Å². The predicted octanol–water partition coefficient (Wildman–Crippen LogP) is 2.35. The van der Waals surface area contributed by atoms with Crippen LogP contribution in [0.15, 0.2) is 36.4 Å². The highest BCUT2D eigenvalue weighted by Crippen LogP contribution is 2.09. The maximum Gasteiger partial charge on any atom is 0.244 e. The monoisotopic (exact) mass is 181 g/mol. The van der Waals surface area contributed by atoms with Crippen LogP contribution in [-0.4, -0.2) is 8.32 Å². The molecule has 0 bridgehead atoms. The maximum atomic E-state index is 5.74. The molecule has 1 aliphatic heterocycles. The second-order valence-corrected chi connectivity index (χ2v) is 8.06. The molecule has 0 amide bonds. The van der Waals surface area contributed by atoms with Crippen molar-refractivity contribution in [2.45, 2.75) is 19.6 Å². The highest BCUT2D eigenvalue weighted by Gasteiger charge is 2.16. The molecule has 0 radical (unpaired) electrons. The molecule has 0 spiro atoms. The molecule has 66 valence electrons. The molecule has 0 aromatic carbocycles. The van der Waals surface area contributed by atoms with Crippen LogP contribution in [0, 0.1) is 0 Å². The van der Waals surface area contributed by atoms with Crippen LogP contribution >= 0.6 is 0 Å². The molecule has 0 saturated heterocycles. The van der Waals surface area contributed by atoms with Gasteiger partial charge in [-0.3, -0.25) is 0 Å². The molecule has 1 N–H and O–H groups in total. The van der Waals surface area contributed by atoms with Crippen molar-refractivity contribution >= 4 is 8.32 Å². The molecule has 0 aromatic rings. The Morgan fingerprint density at radius 2 is 1.92 bits per heavy atom. The molecule has 0 unspecified atom stereocenters. The zero-order chi connectivity index (χ0) is 9.03. The van der Waals surface area contributed by atoms with Crippen molar-refractivity contribution in [1.82, 2.24) is 5.32 Å². The third kappa shape index (κ3) is 3.43. The van der Waals surface area contributed by atoms with E-state index in [1.54, 1.807) is 0 Å². The molecule has 12 heavy (non-hydrogen) atoms. The summed E-state index contributed by atoms with van der Waals surface area (Å²) in [6.07, 6.45) is 9.68. The number of allylic oxidation sites excluding steroid dienone is 4. The van der Waals surface area contributed by atoms with Crippen LogP contribution in [0.2, 0.25) is 19.6 Å². The summed E-state index contributed by atoms with van der Waals surface area (Å²) in [6.45, 7) is 6.48. The van der Waals surface area contributed by atoms with Crippen LogP contribution in [0.25, 0.3) is 0 Å². The molecule has 0 atom stereocenters. The van der Waals surface area contributed by atoms with Gasteiger partial charge in [0.2, 0.25) is 8.32 Å². The van der Waals surface area contributed by atoms with Crippen LogP contribution in [0.3, 0.4) is 0 Å². The summed E-state index contributed by atoms with van der Waals surface area (Å²) in [7, 11) is -1.47. The second-order valence-electron chi connectivity index (χ2n) is 3.63. The van der Waals surface area contributed by atoms with Crippen molar-refractivity contribution in [3.05, 3.63) is 36.4 Å². The van der Waals surface area contributed by atoms with E-state index in [0.29, 0.717) is 0 Å². The van der Waals surface area contributed by atoms with Crippen LogP contribution in [0.1, 0.15) is 0 Å². The molecule has 1 rings (SSSR count). The van der Waals surface area contributed by atoms with Crippen LogP contribution in [-0.2, 0) is 4.43 Å². The molecule has 2 nitrogen and oxygen atoms in total. The average Bonchev–Trinajstić information content (AvgIpc) is 2.12. The van der Waals surface area contributed by atoms with Crippen molar-refractivity contribution in [2.75, 3.05) is 0 Å². The zero-order valence-electron chi connectivity index (χ0n) is 7.79. The Balaban J connectivity index is 2.58. The normalized spacial score (nSPS) is 16.4. The fourth-order valence-electron chi connectivity index (χ4n) is 0.834. The molecule has 3 heteroatoms. The van der Waals surface area contributed by atoms with E-state index in [2.05, 4.69) is 25.0 Å². The number of hydrogen-bond donors (Lipinski definition) is 1. The van der Waals surface area contributed by atoms with E-state index >= 15 is 0 Å². The topological polar surface area (TPSA) is 21.3 Å². The lowest BCUT2D eigenvalue weighted by Gasteiger charge is -2.20. The van der Waals surface area contributed by atoms with E-state index in [0.717, 1.165) is 5.88 Å². The van der Waals surface area contributed by atoms with Crippen molar-refractivity contribution in [2.24, 2.45) is 0 Å². The summed E-state index contributed by atoms with van der Waals surface area (Å²) in [5.74, 6) is 0.846. The Kier molecular flexibility index (Phi) is 2.76. The average molecular weight is 181 g/mol. The SMILES string of the molecule is C[Si](C)(C)OC1=CC=CC=CN1. The van der Waals surface area contributed by atoms with Gasteiger partial charge in [-0.15, -0.1) is 0 Å². The van der Waals surface area contributed by atoms with E-state index in [1.165, 1.54) is 0 Å². The van der Waals surface area contributed by atoms with Gasteiger partial charge in [-0.2, -0.15) is 0 Å². The standard InChI is InChI=1S/C9H15NOSi/c1-12(2,3)11-9-7-5-4-6-8-10-9/h4-8,10H,1-3H3. The Bertz CT molecular complexity index is 235. The third-order valence-corrected chi connectivity index (χ3v) is 2.04. The fraction of sp³-hybridized carbons (Fsp3) is 0.333. The molecule has 0 fully saturated rings. The van der Waals surface area contributed by atoms with E-state index in [9.17, 15) is 0 Å². The number of rotatable bonds is 2. The first-order valence-electron chi connectivity index (χ1n) is 4.07. The fourth-order valence-corrected chi connectivity index (χ4v) is 1.62. The zero-order valence-corrected chi connectivity index (χ0v) is 8.79. The van der Waals surface area contributed by atoms with E-state index in [1.807, 2.05) is 30.5 Å². The van der Waals surface area contributed by atoms with Gasteiger partial charge in [0.25, 0.3) is 0 Å². The lowest BCUT2D eigenvalue weighted by atomic mass is 10.5. The highest BCUT2D eigenvalue weighted by atomic mass is 28.4. The van der Waals surface area contributed by atoms with Gasteiger partial charge in [-0.1, -0.05) is 12.2 Å². The van der Waals surface area contributed by atoms with Crippen molar-refractivity contribution in [1.29, 1.82) is 0 Å². The van der Waals surface area contributed by atoms with Gasteiger partial charge in [0, 0.05) is 6.20 Å². The predicted molar refractivity (Wildman–Crippen MR) is 53.9 cm³/mol. The largest absolute Gasteiger partial charge is 0.533 e. The van der Waals surface area contributed by atoms with E-state index < -0.39 is 8.32 Å². The minimum atomic E-state index is -1.47. The van der Waals surface area contributed by atoms with Gasteiger partial charge in [0.1, 0.15) is 0 Å². The maximum absolute atomic E-state index is 5.74. The number of hydrogen-bond acceptors (Lipinski definition) is 2. The molecule has 0 aromatic heterocycles. The van der Waals surface area contributed by atoms with Gasteiger partial charge in [-0.25, -0.2) is 0 Å². The summed E-state index contributed by atoms with van der Waals surface area (Å²) in [5.41, 5.74) is 0.